The molecule has 1 atom stereocenters. The Balaban J connectivity index is 1.81. The van der Waals surface area contributed by atoms with Gasteiger partial charge in [-0.1, -0.05) is 19.3 Å². The van der Waals surface area contributed by atoms with E-state index in [1.165, 1.54) is 32.1 Å². The van der Waals surface area contributed by atoms with Crippen molar-refractivity contribution in [1.82, 2.24) is 10.2 Å². The van der Waals surface area contributed by atoms with Gasteiger partial charge >= 0.3 is 0 Å². The lowest BCUT2D eigenvalue weighted by Gasteiger charge is -2.30. The quantitative estimate of drug-likeness (QED) is 0.749. The molecule has 2 fully saturated rings. The van der Waals surface area contributed by atoms with Gasteiger partial charge in [0.2, 0.25) is 5.91 Å². The van der Waals surface area contributed by atoms with Crippen LogP contribution in [0.5, 0.6) is 0 Å². The van der Waals surface area contributed by atoms with Crippen molar-refractivity contribution in [3.63, 3.8) is 0 Å². The standard InChI is InChI=1S/C14H27N3O/c1-11(17(10-9-15)13-7-8-13)14(18)16-12-5-3-2-4-6-12/h11-13H,2-10,15H2,1H3,(H,16,18). The Kier molecular flexibility index (Phi) is 5.01. The average Bonchev–Trinajstić information content (AvgIpc) is 3.20. The van der Waals surface area contributed by atoms with E-state index < -0.39 is 0 Å². The van der Waals surface area contributed by atoms with Gasteiger partial charge in [0.15, 0.2) is 0 Å². The van der Waals surface area contributed by atoms with Crippen LogP contribution in [-0.4, -0.2) is 42.0 Å². The Labute approximate surface area is 110 Å². The lowest BCUT2D eigenvalue weighted by atomic mass is 9.95. The van der Waals surface area contributed by atoms with E-state index in [2.05, 4.69) is 10.2 Å². The number of nitrogens with zero attached hydrogens (tertiary/aromatic N) is 1. The molecule has 18 heavy (non-hydrogen) atoms. The van der Waals surface area contributed by atoms with E-state index in [9.17, 15) is 4.79 Å². The molecule has 4 heteroatoms. The number of nitrogens with two attached hydrogens (primary N) is 1. The van der Waals surface area contributed by atoms with Crippen LogP contribution in [0.15, 0.2) is 0 Å². The van der Waals surface area contributed by atoms with Gasteiger partial charge in [-0.15, -0.1) is 0 Å². The molecule has 0 heterocycles. The summed E-state index contributed by atoms with van der Waals surface area (Å²) in [7, 11) is 0. The number of amides is 1. The highest BCUT2D eigenvalue weighted by Crippen LogP contribution is 2.28. The maximum absolute atomic E-state index is 12.3. The molecule has 2 aliphatic rings. The third kappa shape index (κ3) is 3.69. The summed E-state index contributed by atoms with van der Waals surface area (Å²) < 4.78 is 0. The normalized spacial score (nSPS) is 23.1. The van der Waals surface area contributed by atoms with E-state index in [0.29, 0.717) is 18.6 Å². The Hall–Kier alpha value is -0.610. The molecule has 2 rings (SSSR count). The van der Waals surface area contributed by atoms with E-state index in [1.54, 1.807) is 0 Å². The molecule has 3 N–H and O–H groups in total. The lowest BCUT2D eigenvalue weighted by molar-refractivity contribution is -0.127. The molecule has 0 saturated heterocycles. The fourth-order valence-electron chi connectivity index (χ4n) is 2.97. The van der Waals surface area contributed by atoms with Crippen molar-refractivity contribution in [1.29, 1.82) is 0 Å². The van der Waals surface area contributed by atoms with Crippen LogP contribution in [0.3, 0.4) is 0 Å². The second-order valence-corrected chi connectivity index (χ2v) is 5.78. The Morgan fingerprint density at radius 3 is 2.50 bits per heavy atom. The van der Waals surface area contributed by atoms with E-state index in [-0.39, 0.29) is 11.9 Å². The smallest absolute Gasteiger partial charge is 0.237 e. The number of carbonyl (C=O) groups is 1. The molecule has 0 bridgehead atoms. The van der Waals surface area contributed by atoms with Crippen molar-refractivity contribution in [3.05, 3.63) is 0 Å². The van der Waals surface area contributed by atoms with Crippen molar-refractivity contribution >= 4 is 5.91 Å². The van der Waals surface area contributed by atoms with E-state index >= 15 is 0 Å². The van der Waals surface area contributed by atoms with Crippen LogP contribution in [0.25, 0.3) is 0 Å². The molecule has 0 radical (unpaired) electrons. The largest absolute Gasteiger partial charge is 0.352 e. The first-order valence-electron chi connectivity index (χ1n) is 7.48. The van der Waals surface area contributed by atoms with Crippen LogP contribution in [0.2, 0.25) is 0 Å². The fourth-order valence-corrected chi connectivity index (χ4v) is 2.97. The summed E-state index contributed by atoms with van der Waals surface area (Å²) in [5.74, 6) is 0.197. The van der Waals surface area contributed by atoms with Crippen LogP contribution in [0, 0.1) is 0 Å². The Morgan fingerprint density at radius 1 is 1.28 bits per heavy atom. The summed E-state index contributed by atoms with van der Waals surface area (Å²) in [6.07, 6.45) is 8.59. The second-order valence-electron chi connectivity index (χ2n) is 5.78. The zero-order valence-electron chi connectivity index (χ0n) is 11.5. The molecule has 4 nitrogen and oxygen atoms in total. The summed E-state index contributed by atoms with van der Waals surface area (Å²) in [4.78, 5) is 14.5. The number of hydrogen-bond donors (Lipinski definition) is 2. The molecule has 1 unspecified atom stereocenters. The van der Waals surface area contributed by atoms with E-state index in [1.807, 2.05) is 6.92 Å². The van der Waals surface area contributed by atoms with Crippen molar-refractivity contribution in [2.24, 2.45) is 5.73 Å². The fraction of sp³-hybridized carbons (Fsp3) is 0.929. The third-order valence-corrected chi connectivity index (χ3v) is 4.23. The second kappa shape index (κ2) is 6.53. The molecule has 0 aromatic carbocycles. The molecule has 2 saturated carbocycles. The first kappa shape index (κ1) is 13.8. The highest BCUT2D eigenvalue weighted by molar-refractivity contribution is 5.81. The minimum atomic E-state index is -0.0250. The molecule has 104 valence electrons. The van der Waals surface area contributed by atoms with Crippen LogP contribution in [0.1, 0.15) is 51.9 Å². The van der Waals surface area contributed by atoms with Crippen LogP contribution in [-0.2, 0) is 4.79 Å². The summed E-state index contributed by atoms with van der Waals surface area (Å²) in [5.41, 5.74) is 5.64. The molecule has 0 spiro atoms. The van der Waals surface area contributed by atoms with Gasteiger partial charge < -0.3 is 11.1 Å². The van der Waals surface area contributed by atoms with Crippen molar-refractivity contribution < 1.29 is 4.79 Å². The number of carbonyl (C=O) groups excluding carboxylic acids is 1. The monoisotopic (exact) mass is 253 g/mol. The topological polar surface area (TPSA) is 58.4 Å². The maximum Gasteiger partial charge on any atom is 0.237 e. The van der Waals surface area contributed by atoms with Crippen LogP contribution in [0.4, 0.5) is 0 Å². The highest BCUT2D eigenvalue weighted by Gasteiger charge is 2.34. The van der Waals surface area contributed by atoms with Crippen LogP contribution >= 0.6 is 0 Å². The van der Waals surface area contributed by atoms with Crippen molar-refractivity contribution in [3.8, 4) is 0 Å². The highest BCUT2D eigenvalue weighted by atomic mass is 16.2. The predicted octanol–water partition coefficient (Wildman–Crippen LogP) is 1.25. The lowest BCUT2D eigenvalue weighted by Crippen LogP contribution is -2.50. The first-order valence-corrected chi connectivity index (χ1v) is 7.48. The average molecular weight is 253 g/mol. The molecular formula is C14H27N3O. The van der Waals surface area contributed by atoms with E-state index in [0.717, 1.165) is 19.4 Å². The predicted molar refractivity (Wildman–Crippen MR) is 73.3 cm³/mol. The summed E-state index contributed by atoms with van der Waals surface area (Å²) in [6, 6.07) is 0.983. The van der Waals surface area contributed by atoms with Crippen molar-refractivity contribution in [2.75, 3.05) is 13.1 Å². The molecule has 0 aliphatic heterocycles. The Morgan fingerprint density at radius 2 is 1.94 bits per heavy atom. The molecule has 2 aliphatic carbocycles. The molecule has 1 amide bonds. The van der Waals surface area contributed by atoms with Gasteiger partial charge in [0.05, 0.1) is 6.04 Å². The van der Waals surface area contributed by atoms with E-state index in [4.69, 9.17) is 5.73 Å². The van der Waals surface area contributed by atoms with Gasteiger partial charge in [-0.05, 0) is 32.6 Å². The van der Waals surface area contributed by atoms with Crippen LogP contribution < -0.4 is 11.1 Å². The zero-order valence-corrected chi connectivity index (χ0v) is 11.5. The minimum Gasteiger partial charge on any atom is -0.352 e. The zero-order chi connectivity index (χ0) is 13.0. The minimum absolute atomic E-state index is 0.0250. The molecule has 0 aromatic heterocycles. The third-order valence-electron chi connectivity index (χ3n) is 4.23. The van der Waals surface area contributed by atoms with Gasteiger partial charge in [0.25, 0.3) is 0 Å². The van der Waals surface area contributed by atoms with Gasteiger partial charge in [-0.3, -0.25) is 9.69 Å². The Bertz CT molecular complexity index is 272. The maximum atomic E-state index is 12.3. The first-order chi connectivity index (χ1) is 8.72. The SMILES string of the molecule is CC(C(=O)NC1CCCCC1)N(CCN)C1CC1. The van der Waals surface area contributed by atoms with Gasteiger partial charge in [0, 0.05) is 25.2 Å². The molecular weight excluding hydrogens is 226 g/mol. The number of hydrogen-bond acceptors (Lipinski definition) is 3. The summed E-state index contributed by atoms with van der Waals surface area (Å²) in [5, 5.41) is 3.22. The number of rotatable bonds is 6. The summed E-state index contributed by atoms with van der Waals surface area (Å²) in [6.45, 7) is 3.49. The summed E-state index contributed by atoms with van der Waals surface area (Å²) >= 11 is 0. The van der Waals surface area contributed by atoms with Gasteiger partial charge in [0.1, 0.15) is 0 Å². The van der Waals surface area contributed by atoms with Crippen molar-refractivity contribution in [2.45, 2.75) is 70.0 Å². The van der Waals surface area contributed by atoms with Gasteiger partial charge in [-0.2, -0.15) is 0 Å². The van der Waals surface area contributed by atoms with Gasteiger partial charge in [-0.25, -0.2) is 0 Å². The number of nitrogens with one attached hydrogen (secondary N) is 1. The molecule has 0 aromatic rings.